The molecule has 4 N–H and O–H groups in total. The van der Waals surface area contributed by atoms with E-state index in [2.05, 4.69) is 10.3 Å². The van der Waals surface area contributed by atoms with Gasteiger partial charge in [-0.3, -0.25) is 10.2 Å². The maximum Gasteiger partial charge on any atom is 0.238 e. The van der Waals surface area contributed by atoms with E-state index in [4.69, 9.17) is 10.9 Å². The molecule has 0 aliphatic heterocycles. The van der Waals surface area contributed by atoms with Crippen molar-refractivity contribution < 1.29 is 9.90 Å². The number of hydrazine groups is 1. The number of aliphatic hydroxyl groups excluding tert-OH is 1. The van der Waals surface area contributed by atoms with Crippen LogP contribution in [0.5, 0.6) is 0 Å². The summed E-state index contributed by atoms with van der Waals surface area (Å²) in [5.41, 5.74) is 2.18. The van der Waals surface area contributed by atoms with Gasteiger partial charge in [0.2, 0.25) is 5.91 Å². The third-order valence-electron chi connectivity index (χ3n) is 3.14. The lowest BCUT2D eigenvalue weighted by Crippen LogP contribution is -2.44. The predicted octanol–water partition coefficient (Wildman–Crippen LogP) is 0.0953. The molecular formula is C11H25N3O2. The van der Waals surface area contributed by atoms with Gasteiger partial charge in [0.1, 0.15) is 0 Å². The summed E-state index contributed by atoms with van der Waals surface area (Å²) in [5.74, 6) is 4.86. The molecule has 2 unspecified atom stereocenters. The van der Waals surface area contributed by atoms with Gasteiger partial charge in [-0.25, -0.2) is 5.84 Å². The Morgan fingerprint density at radius 2 is 2.00 bits per heavy atom. The van der Waals surface area contributed by atoms with Gasteiger partial charge in [-0.15, -0.1) is 0 Å². The van der Waals surface area contributed by atoms with Crippen molar-refractivity contribution in [2.24, 2.45) is 11.8 Å². The van der Waals surface area contributed by atoms with Crippen LogP contribution in [0.4, 0.5) is 0 Å². The minimum Gasteiger partial charge on any atom is -0.396 e. The van der Waals surface area contributed by atoms with E-state index < -0.39 is 0 Å². The minimum atomic E-state index is -0.130. The number of carbonyl (C=O) groups excluding carboxylic acids is 1. The third kappa shape index (κ3) is 5.44. The Hall–Kier alpha value is -0.650. The van der Waals surface area contributed by atoms with E-state index in [0.717, 1.165) is 25.8 Å². The Morgan fingerprint density at radius 3 is 2.50 bits per heavy atom. The number of nitrogens with zero attached hydrogens (tertiary/aromatic N) is 1. The smallest absolute Gasteiger partial charge is 0.238 e. The number of nitrogens with one attached hydrogen (secondary N) is 1. The van der Waals surface area contributed by atoms with Crippen molar-refractivity contribution in [3.63, 3.8) is 0 Å². The zero-order valence-corrected chi connectivity index (χ0v) is 10.6. The van der Waals surface area contributed by atoms with Crippen LogP contribution in [0.3, 0.4) is 0 Å². The molecule has 0 rings (SSSR count). The van der Waals surface area contributed by atoms with Crippen molar-refractivity contribution in [3.8, 4) is 0 Å². The second-order valence-corrected chi connectivity index (χ2v) is 4.30. The molecule has 0 bridgehead atoms. The molecule has 0 radical (unpaired) electrons. The number of rotatable bonds is 8. The Bertz CT molecular complexity index is 200. The van der Waals surface area contributed by atoms with E-state index in [1.165, 1.54) is 0 Å². The molecule has 5 nitrogen and oxygen atoms in total. The van der Waals surface area contributed by atoms with Gasteiger partial charge in [-0.05, 0) is 39.8 Å². The van der Waals surface area contributed by atoms with Gasteiger partial charge in [0, 0.05) is 12.6 Å². The molecule has 0 aromatic rings. The Morgan fingerprint density at radius 1 is 1.38 bits per heavy atom. The zero-order chi connectivity index (χ0) is 12.6. The normalized spacial score (nSPS) is 14.9. The number of unbranched alkanes of at least 4 members (excludes halogenated alkanes) is 2. The van der Waals surface area contributed by atoms with E-state index in [1.807, 2.05) is 20.9 Å². The van der Waals surface area contributed by atoms with Gasteiger partial charge in [0.15, 0.2) is 0 Å². The quantitative estimate of drug-likeness (QED) is 0.239. The molecule has 0 aliphatic carbocycles. The van der Waals surface area contributed by atoms with Gasteiger partial charge < -0.3 is 10.0 Å². The van der Waals surface area contributed by atoms with Crippen LogP contribution in [-0.4, -0.2) is 42.2 Å². The van der Waals surface area contributed by atoms with Crippen LogP contribution < -0.4 is 11.3 Å². The average molecular weight is 231 g/mol. The molecule has 0 spiro atoms. The Balaban J connectivity index is 3.88. The van der Waals surface area contributed by atoms with Crippen LogP contribution in [0.15, 0.2) is 0 Å². The van der Waals surface area contributed by atoms with E-state index in [9.17, 15) is 4.79 Å². The van der Waals surface area contributed by atoms with E-state index >= 15 is 0 Å². The number of nitrogens with two attached hydrogens (primary N) is 1. The molecule has 0 aliphatic rings. The predicted molar refractivity (Wildman–Crippen MR) is 64.5 cm³/mol. The van der Waals surface area contributed by atoms with E-state index in [1.54, 1.807) is 0 Å². The van der Waals surface area contributed by atoms with Crippen LogP contribution in [0.1, 0.15) is 33.1 Å². The van der Waals surface area contributed by atoms with Gasteiger partial charge >= 0.3 is 0 Å². The van der Waals surface area contributed by atoms with Crippen LogP contribution in [0.2, 0.25) is 0 Å². The molecule has 2 atom stereocenters. The van der Waals surface area contributed by atoms with Crippen molar-refractivity contribution >= 4 is 5.91 Å². The lowest BCUT2D eigenvalue weighted by molar-refractivity contribution is -0.126. The summed E-state index contributed by atoms with van der Waals surface area (Å²) in [6, 6.07) is 0.165. The first kappa shape index (κ1) is 15.3. The van der Waals surface area contributed by atoms with Gasteiger partial charge in [0.25, 0.3) is 0 Å². The average Bonchev–Trinajstić information content (AvgIpc) is 2.31. The molecule has 0 aromatic heterocycles. The highest BCUT2D eigenvalue weighted by Crippen LogP contribution is 2.10. The van der Waals surface area contributed by atoms with Crippen LogP contribution >= 0.6 is 0 Å². The second kappa shape index (κ2) is 8.50. The Kier molecular flexibility index (Phi) is 8.15. The Labute approximate surface area is 98.0 Å². The number of hydrogen-bond acceptors (Lipinski definition) is 4. The number of hydrogen-bond donors (Lipinski definition) is 3. The highest BCUT2D eigenvalue weighted by molar-refractivity contribution is 5.78. The summed E-state index contributed by atoms with van der Waals surface area (Å²) in [5, 5.41) is 8.65. The topological polar surface area (TPSA) is 78.6 Å². The second-order valence-electron chi connectivity index (χ2n) is 4.30. The summed E-state index contributed by atoms with van der Waals surface area (Å²) in [4.78, 5) is 13.5. The van der Waals surface area contributed by atoms with Gasteiger partial charge in [-0.1, -0.05) is 6.92 Å². The van der Waals surface area contributed by atoms with Crippen molar-refractivity contribution in [1.82, 2.24) is 10.3 Å². The molecule has 0 saturated heterocycles. The highest BCUT2D eigenvalue weighted by atomic mass is 16.2. The molecule has 5 heteroatoms. The van der Waals surface area contributed by atoms with Gasteiger partial charge in [-0.2, -0.15) is 0 Å². The number of carbonyl (C=O) groups is 1. The molecular weight excluding hydrogens is 206 g/mol. The monoisotopic (exact) mass is 231 g/mol. The van der Waals surface area contributed by atoms with Crippen LogP contribution in [0.25, 0.3) is 0 Å². The SMILES string of the molecule is CC(C(=O)NN)C(C)N(C)CCCCCO. The largest absolute Gasteiger partial charge is 0.396 e. The molecule has 0 fully saturated rings. The van der Waals surface area contributed by atoms with Crippen LogP contribution in [0, 0.1) is 5.92 Å². The standard InChI is InChI=1S/C11H25N3O2/c1-9(11(16)13-12)10(2)14(3)7-5-4-6-8-15/h9-10,15H,4-8,12H2,1-3H3,(H,13,16). The number of aliphatic hydroxyl groups is 1. The molecule has 0 heterocycles. The third-order valence-corrected chi connectivity index (χ3v) is 3.14. The highest BCUT2D eigenvalue weighted by Gasteiger charge is 2.22. The molecule has 0 saturated carbocycles. The summed E-state index contributed by atoms with van der Waals surface area (Å²) in [7, 11) is 2.00. The summed E-state index contributed by atoms with van der Waals surface area (Å²) in [6.45, 7) is 5.08. The number of amides is 1. The fourth-order valence-corrected chi connectivity index (χ4v) is 1.59. The molecule has 0 aromatic carbocycles. The minimum absolute atomic E-state index is 0.118. The molecule has 16 heavy (non-hydrogen) atoms. The lowest BCUT2D eigenvalue weighted by Gasteiger charge is -2.28. The first-order chi connectivity index (χ1) is 7.54. The van der Waals surface area contributed by atoms with Crippen LogP contribution in [-0.2, 0) is 4.79 Å². The maximum atomic E-state index is 11.3. The van der Waals surface area contributed by atoms with Gasteiger partial charge in [0.05, 0.1) is 5.92 Å². The fraction of sp³-hybridized carbons (Fsp3) is 0.909. The zero-order valence-electron chi connectivity index (χ0n) is 10.6. The molecule has 96 valence electrons. The fourth-order valence-electron chi connectivity index (χ4n) is 1.59. The summed E-state index contributed by atoms with van der Waals surface area (Å²) >= 11 is 0. The van der Waals surface area contributed by atoms with E-state index in [0.29, 0.717) is 0 Å². The van der Waals surface area contributed by atoms with E-state index in [-0.39, 0.29) is 24.5 Å². The van der Waals surface area contributed by atoms with Crippen molar-refractivity contribution in [2.45, 2.75) is 39.2 Å². The van der Waals surface area contributed by atoms with Crippen molar-refractivity contribution in [3.05, 3.63) is 0 Å². The molecule has 1 amide bonds. The van der Waals surface area contributed by atoms with Crippen molar-refractivity contribution in [2.75, 3.05) is 20.2 Å². The summed E-state index contributed by atoms with van der Waals surface area (Å²) in [6.07, 6.45) is 2.91. The summed E-state index contributed by atoms with van der Waals surface area (Å²) < 4.78 is 0. The maximum absolute atomic E-state index is 11.3. The first-order valence-electron chi connectivity index (χ1n) is 5.86. The van der Waals surface area contributed by atoms with Crippen molar-refractivity contribution in [1.29, 1.82) is 0 Å². The lowest BCUT2D eigenvalue weighted by atomic mass is 10.0. The first-order valence-corrected chi connectivity index (χ1v) is 5.86.